The molecule has 0 saturated heterocycles. The van der Waals surface area contributed by atoms with Gasteiger partial charge in [0.1, 0.15) is 0 Å². The number of rotatable bonds is 8. The summed E-state index contributed by atoms with van der Waals surface area (Å²) in [5, 5.41) is 35.8. The molecule has 1 rings (SSSR count). The van der Waals surface area contributed by atoms with E-state index in [1.54, 1.807) is 0 Å². The molecule has 0 aromatic heterocycles. The van der Waals surface area contributed by atoms with Crippen molar-refractivity contribution in [2.45, 2.75) is 12.1 Å². The third-order valence-electron chi connectivity index (χ3n) is 2.80. The van der Waals surface area contributed by atoms with Gasteiger partial charge in [-0.2, -0.15) is 0 Å². The van der Waals surface area contributed by atoms with Crippen molar-refractivity contribution in [3.05, 3.63) is 39.9 Å². The second kappa shape index (κ2) is 7.80. The number of nitro benzene ring substituents is 1. The zero-order valence-corrected chi connectivity index (χ0v) is 10.7. The minimum Gasteiger partial charge on any atom is -0.395 e. The first kappa shape index (κ1) is 15.5. The molecule has 106 valence electrons. The lowest BCUT2D eigenvalue weighted by atomic mass is 10.0. The summed E-state index contributed by atoms with van der Waals surface area (Å²) in [6.45, 7) is 1.09. The smallest absolute Gasteiger partial charge is 0.269 e. The molecule has 0 unspecified atom stereocenters. The maximum atomic E-state index is 10.5. The molecule has 0 fully saturated rings. The molecule has 0 amide bonds. The molecule has 1 aromatic carbocycles. The molecule has 0 aliphatic carbocycles. The minimum atomic E-state index is -0.914. The molecule has 19 heavy (non-hydrogen) atoms. The molecule has 0 aliphatic rings. The Kier molecular flexibility index (Phi) is 6.37. The van der Waals surface area contributed by atoms with Crippen molar-refractivity contribution in [2.24, 2.45) is 0 Å². The highest BCUT2D eigenvalue weighted by atomic mass is 16.6. The third-order valence-corrected chi connectivity index (χ3v) is 2.80. The lowest BCUT2D eigenvalue weighted by Crippen LogP contribution is -2.41. The standard InChI is InChI=1S/C12H19N3O4/c1-13-6-7-14-11(8-16)12(17)9-2-4-10(5-3-9)15(18)19/h2-5,11-14,16-17H,6-8H2,1H3/t11-,12-/m1/s1. The van der Waals surface area contributed by atoms with Crippen LogP contribution in [0.1, 0.15) is 11.7 Å². The fourth-order valence-electron chi connectivity index (χ4n) is 1.68. The maximum absolute atomic E-state index is 10.5. The monoisotopic (exact) mass is 269 g/mol. The summed E-state index contributed by atoms with van der Waals surface area (Å²) in [6.07, 6.45) is -0.914. The fraction of sp³-hybridized carbons (Fsp3) is 0.500. The van der Waals surface area contributed by atoms with Gasteiger partial charge in [-0.15, -0.1) is 0 Å². The highest BCUT2D eigenvalue weighted by Gasteiger charge is 2.20. The predicted molar refractivity (Wildman–Crippen MR) is 70.9 cm³/mol. The number of nitro groups is 1. The van der Waals surface area contributed by atoms with Gasteiger partial charge in [0.05, 0.1) is 23.7 Å². The van der Waals surface area contributed by atoms with Crippen molar-refractivity contribution in [3.8, 4) is 0 Å². The Morgan fingerprint density at radius 2 is 1.95 bits per heavy atom. The first-order valence-electron chi connectivity index (χ1n) is 6.01. The Morgan fingerprint density at radius 1 is 1.32 bits per heavy atom. The molecule has 0 radical (unpaired) electrons. The van der Waals surface area contributed by atoms with Crippen molar-refractivity contribution < 1.29 is 15.1 Å². The van der Waals surface area contributed by atoms with Gasteiger partial charge in [0, 0.05) is 25.2 Å². The lowest BCUT2D eigenvalue weighted by Gasteiger charge is -2.22. The summed E-state index contributed by atoms with van der Waals surface area (Å²) in [5.41, 5.74) is 0.501. The Bertz CT molecular complexity index is 396. The number of hydrogen-bond donors (Lipinski definition) is 4. The quantitative estimate of drug-likeness (QED) is 0.296. The van der Waals surface area contributed by atoms with Crippen LogP contribution in [0.15, 0.2) is 24.3 Å². The van der Waals surface area contributed by atoms with Crippen LogP contribution in [0.2, 0.25) is 0 Å². The van der Waals surface area contributed by atoms with E-state index < -0.39 is 17.1 Å². The average molecular weight is 269 g/mol. The second-order valence-electron chi connectivity index (χ2n) is 4.14. The van der Waals surface area contributed by atoms with E-state index in [2.05, 4.69) is 10.6 Å². The summed E-state index contributed by atoms with van der Waals surface area (Å²) in [6, 6.07) is 5.15. The SMILES string of the molecule is CNCCN[C@H](CO)[C@H](O)c1ccc([N+](=O)[O-])cc1. The molecule has 4 N–H and O–H groups in total. The van der Waals surface area contributed by atoms with E-state index in [0.717, 1.165) is 0 Å². The van der Waals surface area contributed by atoms with E-state index in [0.29, 0.717) is 18.7 Å². The molecule has 0 saturated carbocycles. The van der Waals surface area contributed by atoms with Crippen LogP contribution in [0.5, 0.6) is 0 Å². The second-order valence-corrected chi connectivity index (χ2v) is 4.14. The van der Waals surface area contributed by atoms with Gasteiger partial charge in [0.2, 0.25) is 0 Å². The summed E-state index contributed by atoms with van der Waals surface area (Å²) in [7, 11) is 1.81. The van der Waals surface area contributed by atoms with E-state index >= 15 is 0 Å². The molecular formula is C12H19N3O4. The van der Waals surface area contributed by atoms with Crippen LogP contribution in [0.4, 0.5) is 5.69 Å². The molecule has 0 bridgehead atoms. The largest absolute Gasteiger partial charge is 0.395 e. The molecule has 1 aromatic rings. The molecule has 7 heteroatoms. The summed E-state index contributed by atoms with van der Waals surface area (Å²) < 4.78 is 0. The molecule has 7 nitrogen and oxygen atoms in total. The Balaban J connectivity index is 2.68. The number of aliphatic hydroxyl groups is 2. The Hall–Kier alpha value is -1.54. The van der Waals surface area contributed by atoms with Gasteiger partial charge >= 0.3 is 0 Å². The number of nitrogens with one attached hydrogen (secondary N) is 2. The minimum absolute atomic E-state index is 0.0281. The topological polar surface area (TPSA) is 108 Å². The van der Waals surface area contributed by atoms with Crippen molar-refractivity contribution in [1.29, 1.82) is 0 Å². The molecule has 0 aliphatic heterocycles. The number of nitrogens with zero attached hydrogens (tertiary/aromatic N) is 1. The fourth-order valence-corrected chi connectivity index (χ4v) is 1.68. The molecule has 0 spiro atoms. The summed E-state index contributed by atoms with van der Waals surface area (Å²) >= 11 is 0. The first-order valence-corrected chi connectivity index (χ1v) is 6.01. The number of likely N-dealkylation sites (N-methyl/N-ethyl adjacent to an activating group) is 1. The number of non-ortho nitro benzene ring substituents is 1. The van der Waals surface area contributed by atoms with Crippen molar-refractivity contribution in [1.82, 2.24) is 10.6 Å². The van der Waals surface area contributed by atoms with Gasteiger partial charge in [-0.05, 0) is 24.7 Å². The van der Waals surface area contributed by atoms with E-state index in [9.17, 15) is 20.3 Å². The molecule has 0 heterocycles. The van der Waals surface area contributed by atoms with Crippen LogP contribution < -0.4 is 10.6 Å². The van der Waals surface area contributed by atoms with Gasteiger partial charge in [-0.1, -0.05) is 0 Å². The normalized spacial score (nSPS) is 14.1. The number of hydrogen-bond acceptors (Lipinski definition) is 6. The van der Waals surface area contributed by atoms with Gasteiger partial charge in [0.25, 0.3) is 5.69 Å². The Labute approximate surface area is 111 Å². The van der Waals surface area contributed by atoms with E-state index in [4.69, 9.17) is 0 Å². The van der Waals surface area contributed by atoms with Gasteiger partial charge in [-0.3, -0.25) is 10.1 Å². The predicted octanol–water partition coefficient (Wildman–Crippen LogP) is -0.202. The maximum Gasteiger partial charge on any atom is 0.269 e. The van der Waals surface area contributed by atoms with Crippen molar-refractivity contribution >= 4 is 5.69 Å². The molecule has 2 atom stereocenters. The number of aliphatic hydroxyl groups excluding tert-OH is 2. The zero-order chi connectivity index (χ0) is 14.3. The summed E-state index contributed by atoms with van der Waals surface area (Å²) in [5.74, 6) is 0. The van der Waals surface area contributed by atoms with Gasteiger partial charge in [0.15, 0.2) is 0 Å². The highest BCUT2D eigenvalue weighted by Crippen LogP contribution is 2.20. The van der Waals surface area contributed by atoms with Crippen LogP contribution >= 0.6 is 0 Å². The van der Waals surface area contributed by atoms with Crippen LogP contribution in [0.3, 0.4) is 0 Å². The van der Waals surface area contributed by atoms with Crippen LogP contribution in [0.25, 0.3) is 0 Å². The summed E-state index contributed by atoms with van der Waals surface area (Å²) in [4.78, 5) is 10.0. The van der Waals surface area contributed by atoms with Crippen molar-refractivity contribution in [3.63, 3.8) is 0 Å². The third kappa shape index (κ3) is 4.56. The van der Waals surface area contributed by atoms with Crippen molar-refractivity contribution in [2.75, 3.05) is 26.7 Å². The first-order chi connectivity index (χ1) is 9.10. The average Bonchev–Trinajstić information content (AvgIpc) is 2.43. The Morgan fingerprint density at radius 3 is 2.42 bits per heavy atom. The zero-order valence-electron chi connectivity index (χ0n) is 10.7. The molecular weight excluding hydrogens is 250 g/mol. The van der Waals surface area contributed by atoms with Crippen LogP contribution in [-0.4, -0.2) is 47.9 Å². The van der Waals surface area contributed by atoms with Crippen LogP contribution in [-0.2, 0) is 0 Å². The van der Waals surface area contributed by atoms with E-state index in [1.807, 2.05) is 7.05 Å². The van der Waals surface area contributed by atoms with Gasteiger partial charge in [-0.25, -0.2) is 0 Å². The van der Waals surface area contributed by atoms with Gasteiger partial charge < -0.3 is 20.8 Å². The number of benzene rings is 1. The van der Waals surface area contributed by atoms with E-state index in [1.165, 1.54) is 24.3 Å². The van der Waals surface area contributed by atoms with Crippen LogP contribution in [0, 0.1) is 10.1 Å². The highest BCUT2D eigenvalue weighted by molar-refractivity contribution is 5.34. The lowest BCUT2D eigenvalue weighted by molar-refractivity contribution is -0.384. The van der Waals surface area contributed by atoms with E-state index in [-0.39, 0.29) is 12.3 Å².